The maximum absolute atomic E-state index is 7.12. The summed E-state index contributed by atoms with van der Waals surface area (Å²) < 4.78 is 31.3. The van der Waals surface area contributed by atoms with Crippen molar-refractivity contribution >= 4 is 13.7 Å². The van der Waals surface area contributed by atoms with Crippen LogP contribution in [0.5, 0.6) is 23.0 Å². The molecule has 0 spiro atoms. The second-order valence-electron chi connectivity index (χ2n) is 12.6. The second-order valence-corrected chi connectivity index (χ2v) is 14.0. The van der Waals surface area contributed by atoms with Gasteiger partial charge < -0.3 is 23.3 Å². The number of fused-ring (bicyclic) bond motifs is 3. The Kier molecular flexibility index (Phi) is 8.29. The fraction of sp³-hybridized carbons (Fsp3) is 0.333. The van der Waals surface area contributed by atoms with Gasteiger partial charge in [0.2, 0.25) is 0 Å². The number of ether oxygens (including phenoxy) is 3. The van der Waals surface area contributed by atoms with E-state index in [1.807, 2.05) is 24.3 Å². The summed E-state index contributed by atoms with van der Waals surface area (Å²) in [5.41, 5.74) is 6.98. The average Bonchev–Trinajstić information content (AvgIpc) is 2.96. The molecule has 4 aromatic carbocycles. The van der Waals surface area contributed by atoms with Crippen molar-refractivity contribution in [1.29, 1.82) is 0 Å². The molecule has 0 radical (unpaired) electrons. The molecule has 0 N–H and O–H groups in total. The Labute approximate surface area is 251 Å². The number of hydrogen-bond donors (Lipinski definition) is 0. The van der Waals surface area contributed by atoms with Crippen LogP contribution < -0.4 is 23.8 Å². The predicted molar refractivity (Wildman–Crippen MR) is 173 cm³/mol. The van der Waals surface area contributed by atoms with Gasteiger partial charge in [0.15, 0.2) is 0 Å². The van der Waals surface area contributed by atoms with Crippen molar-refractivity contribution in [3.8, 4) is 45.3 Å². The van der Waals surface area contributed by atoms with Crippen LogP contribution in [0.2, 0.25) is 0 Å². The summed E-state index contributed by atoms with van der Waals surface area (Å²) in [6.45, 7) is 13.6. The van der Waals surface area contributed by atoms with Crippen LogP contribution in [0, 0.1) is 0 Å². The summed E-state index contributed by atoms with van der Waals surface area (Å²) in [6.07, 6.45) is 0. The van der Waals surface area contributed by atoms with Crippen LogP contribution in [-0.4, -0.2) is 21.3 Å². The molecule has 4 aromatic rings. The first-order valence-electron chi connectivity index (χ1n) is 14.2. The van der Waals surface area contributed by atoms with Gasteiger partial charge in [0.25, 0.3) is 0 Å². The van der Waals surface area contributed by atoms with Crippen LogP contribution in [0.4, 0.5) is 0 Å². The molecule has 6 heteroatoms. The van der Waals surface area contributed by atoms with E-state index in [4.69, 9.17) is 23.3 Å². The number of methoxy groups -OCH3 is 3. The number of rotatable bonds is 7. The largest absolute Gasteiger partial charge is 0.497 e. The van der Waals surface area contributed by atoms with Gasteiger partial charge in [-0.1, -0.05) is 77.9 Å². The minimum absolute atomic E-state index is 0.150. The van der Waals surface area contributed by atoms with Crippen molar-refractivity contribution in [2.75, 3.05) is 21.3 Å². The van der Waals surface area contributed by atoms with Crippen molar-refractivity contribution in [3.05, 3.63) is 89.5 Å². The lowest BCUT2D eigenvalue weighted by Crippen LogP contribution is -2.20. The molecule has 220 valence electrons. The Bertz CT molecular complexity index is 1600. The third kappa shape index (κ3) is 5.73. The van der Waals surface area contributed by atoms with E-state index in [0.29, 0.717) is 6.61 Å². The molecule has 5 nitrogen and oxygen atoms in total. The average molecular weight is 585 g/mol. The Morgan fingerprint density at radius 3 is 1.83 bits per heavy atom. The van der Waals surface area contributed by atoms with E-state index in [1.165, 1.54) is 0 Å². The molecule has 0 saturated carbocycles. The Morgan fingerprint density at radius 1 is 0.643 bits per heavy atom. The van der Waals surface area contributed by atoms with Gasteiger partial charge in [-0.05, 0) is 69.5 Å². The van der Waals surface area contributed by atoms with Crippen LogP contribution in [0.25, 0.3) is 22.3 Å². The highest BCUT2D eigenvalue weighted by Crippen LogP contribution is 2.54. The van der Waals surface area contributed by atoms with E-state index in [0.717, 1.165) is 67.2 Å². The van der Waals surface area contributed by atoms with E-state index in [-0.39, 0.29) is 10.8 Å². The lowest BCUT2D eigenvalue weighted by atomic mass is 9.79. The van der Waals surface area contributed by atoms with Crippen LogP contribution in [0.15, 0.2) is 72.8 Å². The molecule has 0 fully saturated rings. The Hall–Kier alpha value is -3.53. The minimum Gasteiger partial charge on any atom is -0.497 e. The van der Waals surface area contributed by atoms with Gasteiger partial charge >= 0.3 is 8.38 Å². The molecule has 0 aliphatic carbocycles. The highest BCUT2D eigenvalue weighted by atomic mass is 31.2. The van der Waals surface area contributed by atoms with Gasteiger partial charge in [-0.3, -0.25) is 0 Å². The van der Waals surface area contributed by atoms with Gasteiger partial charge in [0.1, 0.15) is 23.0 Å². The first kappa shape index (κ1) is 29.9. The van der Waals surface area contributed by atoms with Gasteiger partial charge in [-0.15, -0.1) is 0 Å². The van der Waals surface area contributed by atoms with E-state index in [2.05, 4.69) is 90.1 Å². The summed E-state index contributed by atoms with van der Waals surface area (Å²) in [7, 11) is 3.65. The smallest absolute Gasteiger partial charge is 0.326 e. The summed E-state index contributed by atoms with van der Waals surface area (Å²) >= 11 is 0. The highest BCUT2D eigenvalue weighted by Gasteiger charge is 2.34. The monoisotopic (exact) mass is 584 g/mol. The van der Waals surface area contributed by atoms with Crippen molar-refractivity contribution in [3.63, 3.8) is 0 Å². The summed E-state index contributed by atoms with van der Waals surface area (Å²) in [6, 6.07) is 24.8. The fourth-order valence-corrected chi connectivity index (χ4v) is 7.00. The number of para-hydroxylation sites is 1. The zero-order valence-electron chi connectivity index (χ0n) is 26.1. The molecule has 1 atom stereocenters. The van der Waals surface area contributed by atoms with E-state index in [9.17, 15) is 0 Å². The maximum atomic E-state index is 7.12. The van der Waals surface area contributed by atoms with Crippen molar-refractivity contribution in [2.45, 2.75) is 59.0 Å². The van der Waals surface area contributed by atoms with E-state index in [1.54, 1.807) is 21.3 Å². The molecule has 1 aliphatic rings. The maximum Gasteiger partial charge on any atom is 0.326 e. The first-order chi connectivity index (χ1) is 20.0. The van der Waals surface area contributed by atoms with Gasteiger partial charge in [0.05, 0.1) is 26.1 Å². The van der Waals surface area contributed by atoms with Crippen LogP contribution in [0.1, 0.15) is 58.2 Å². The first-order valence-corrected chi connectivity index (χ1v) is 15.4. The minimum atomic E-state index is -1.50. The fourth-order valence-electron chi connectivity index (χ4n) is 5.47. The summed E-state index contributed by atoms with van der Waals surface area (Å²) in [4.78, 5) is 0. The SMILES string of the molecule is COCc1c(-c2cc(OC)cc(C(C)(C)C)c2OP2Oc3ccccc3-c3ccccc32)cc(OC)cc1C(C)(C)C. The third-order valence-corrected chi connectivity index (χ3v) is 9.08. The lowest BCUT2D eigenvalue weighted by molar-refractivity contribution is 0.183. The molecule has 0 saturated heterocycles. The van der Waals surface area contributed by atoms with Crippen LogP contribution >= 0.6 is 8.38 Å². The number of benzene rings is 4. The standard InChI is InChI=1S/C36H41O5P/c1-35(2,3)30-20-23(38-8)18-27(29(30)22-37-7)28-19-24(39-9)21-31(36(4,5)6)34(28)41-42-33-17-13-11-15-26(33)25-14-10-12-16-32(25)40-42/h10-21H,22H2,1-9H3. The molecule has 0 bridgehead atoms. The molecule has 0 aromatic heterocycles. The van der Waals surface area contributed by atoms with E-state index < -0.39 is 8.38 Å². The quantitative estimate of drug-likeness (QED) is 0.203. The lowest BCUT2D eigenvalue weighted by Gasteiger charge is -2.32. The van der Waals surface area contributed by atoms with Crippen LogP contribution in [0.3, 0.4) is 0 Å². The van der Waals surface area contributed by atoms with Gasteiger partial charge in [-0.25, -0.2) is 0 Å². The normalized spacial score (nSPS) is 14.5. The molecule has 5 rings (SSSR count). The third-order valence-electron chi connectivity index (χ3n) is 7.59. The predicted octanol–water partition coefficient (Wildman–Crippen LogP) is 9.19. The van der Waals surface area contributed by atoms with Crippen LogP contribution in [-0.2, 0) is 22.2 Å². The zero-order valence-corrected chi connectivity index (χ0v) is 27.0. The molecule has 1 heterocycles. The molecule has 42 heavy (non-hydrogen) atoms. The van der Waals surface area contributed by atoms with Crippen molar-refractivity contribution in [1.82, 2.24) is 0 Å². The topological polar surface area (TPSA) is 46.2 Å². The molecular formula is C36H41O5P. The summed E-state index contributed by atoms with van der Waals surface area (Å²) in [5.74, 6) is 3.13. The van der Waals surface area contributed by atoms with Crippen molar-refractivity contribution in [2.24, 2.45) is 0 Å². The molecule has 1 aliphatic heterocycles. The highest BCUT2D eigenvalue weighted by molar-refractivity contribution is 7.57. The second kappa shape index (κ2) is 11.6. The van der Waals surface area contributed by atoms with E-state index >= 15 is 0 Å². The number of hydrogen-bond acceptors (Lipinski definition) is 5. The Balaban J connectivity index is 1.80. The molecule has 0 amide bonds. The van der Waals surface area contributed by atoms with Gasteiger partial charge in [-0.2, -0.15) is 0 Å². The molecule has 1 unspecified atom stereocenters. The van der Waals surface area contributed by atoms with Crippen molar-refractivity contribution < 1.29 is 23.3 Å². The summed E-state index contributed by atoms with van der Waals surface area (Å²) in [5, 5.41) is 1.05. The zero-order chi connectivity index (χ0) is 30.2. The Morgan fingerprint density at radius 2 is 1.21 bits per heavy atom. The van der Waals surface area contributed by atoms with Gasteiger partial charge in [0, 0.05) is 23.8 Å². The molecular weight excluding hydrogens is 543 g/mol.